The van der Waals surface area contributed by atoms with Crippen molar-refractivity contribution in [2.24, 2.45) is 7.05 Å². The highest BCUT2D eigenvalue weighted by atomic mass is 35.5. The molecule has 0 amide bonds. The third kappa shape index (κ3) is 3.19. The average molecular weight is 312 g/mol. The monoisotopic (exact) mass is 311 g/mol. The summed E-state index contributed by atoms with van der Waals surface area (Å²) in [6, 6.07) is 4.92. The number of nitrogens with one attached hydrogen (secondary N) is 1. The molecule has 2 rings (SSSR count). The van der Waals surface area contributed by atoms with E-state index in [1.807, 2.05) is 20.0 Å². The molecule has 0 bridgehead atoms. The number of benzene rings is 1. The standard InChI is InChI=1S/C15H19ClFN3O/c1-9-11(15(16)20(3)19-9)8-13(18-2)10-5-6-14(21-4)12(17)7-10/h5-7,13,18H,8H2,1-4H3. The fourth-order valence-electron chi connectivity index (χ4n) is 2.40. The van der Waals surface area contributed by atoms with Gasteiger partial charge in [0.05, 0.1) is 12.8 Å². The number of halogens is 2. The summed E-state index contributed by atoms with van der Waals surface area (Å²) in [5, 5.41) is 8.10. The molecule has 1 unspecified atom stereocenters. The highest BCUT2D eigenvalue weighted by Crippen LogP contribution is 2.27. The van der Waals surface area contributed by atoms with Crippen molar-refractivity contribution in [3.8, 4) is 5.75 Å². The summed E-state index contributed by atoms with van der Waals surface area (Å²) in [7, 11) is 5.10. The maximum absolute atomic E-state index is 13.9. The molecule has 0 aliphatic rings. The fourth-order valence-corrected chi connectivity index (χ4v) is 2.65. The number of aryl methyl sites for hydroxylation is 2. The van der Waals surface area contributed by atoms with Gasteiger partial charge in [0.25, 0.3) is 0 Å². The normalized spacial score (nSPS) is 12.5. The number of hydrogen-bond donors (Lipinski definition) is 1. The van der Waals surface area contributed by atoms with Gasteiger partial charge in [0, 0.05) is 18.7 Å². The minimum absolute atomic E-state index is 0.0502. The molecule has 0 fully saturated rings. The van der Waals surface area contributed by atoms with Crippen LogP contribution in [0.2, 0.25) is 5.15 Å². The van der Waals surface area contributed by atoms with E-state index in [-0.39, 0.29) is 17.6 Å². The maximum Gasteiger partial charge on any atom is 0.165 e. The van der Waals surface area contributed by atoms with Gasteiger partial charge in [-0.15, -0.1) is 0 Å². The van der Waals surface area contributed by atoms with Crippen LogP contribution in [-0.2, 0) is 13.5 Å². The van der Waals surface area contributed by atoms with Crippen LogP contribution < -0.4 is 10.1 Å². The van der Waals surface area contributed by atoms with E-state index >= 15 is 0 Å². The van der Waals surface area contributed by atoms with Crippen molar-refractivity contribution in [1.82, 2.24) is 15.1 Å². The summed E-state index contributed by atoms with van der Waals surface area (Å²) in [5.41, 5.74) is 2.70. The zero-order chi connectivity index (χ0) is 15.6. The number of nitrogens with zero attached hydrogens (tertiary/aromatic N) is 2. The van der Waals surface area contributed by atoms with E-state index in [1.165, 1.54) is 13.2 Å². The van der Waals surface area contributed by atoms with Gasteiger partial charge in [-0.1, -0.05) is 17.7 Å². The molecule has 0 saturated heterocycles. The Balaban J connectivity index is 2.30. The quantitative estimate of drug-likeness (QED) is 0.922. The number of aromatic nitrogens is 2. The van der Waals surface area contributed by atoms with Gasteiger partial charge in [0.2, 0.25) is 0 Å². The largest absolute Gasteiger partial charge is 0.494 e. The van der Waals surface area contributed by atoms with Crippen molar-refractivity contribution in [2.75, 3.05) is 14.2 Å². The number of methoxy groups -OCH3 is 1. The Labute approximate surface area is 128 Å². The molecule has 0 aliphatic carbocycles. The van der Waals surface area contributed by atoms with Crippen LogP contribution in [0.3, 0.4) is 0 Å². The smallest absolute Gasteiger partial charge is 0.165 e. The van der Waals surface area contributed by atoms with Crippen LogP contribution in [0, 0.1) is 12.7 Å². The van der Waals surface area contributed by atoms with Crippen LogP contribution in [0.1, 0.15) is 22.9 Å². The molecule has 4 nitrogen and oxygen atoms in total. The summed E-state index contributed by atoms with van der Waals surface area (Å²) < 4.78 is 20.4. The minimum atomic E-state index is -0.371. The first kappa shape index (κ1) is 15.8. The highest BCUT2D eigenvalue weighted by Gasteiger charge is 2.18. The molecule has 6 heteroatoms. The van der Waals surface area contributed by atoms with Gasteiger partial charge in [0.1, 0.15) is 5.15 Å². The Hall–Kier alpha value is -1.59. The molecule has 0 spiro atoms. The number of likely N-dealkylation sites (N-methyl/N-ethyl adjacent to an activating group) is 1. The van der Waals surface area contributed by atoms with E-state index in [1.54, 1.807) is 17.8 Å². The van der Waals surface area contributed by atoms with Gasteiger partial charge in [-0.25, -0.2) is 4.39 Å². The maximum atomic E-state index is 13.9. The molecule has 2 aromatic rings. The fraction of sp³-hybridized carbons (Fsp3) is 0.400. The summed E-state index contributed by atoms with van der Waals surface area (Å²) in [6.45, 7) is 1.92. The predicted molar refractivity (Wildman–Crippen MR) is 81.4 cm³/mol. The Morgan fingerprint density at radius 1 is 1.48 bits per heavy atom. The lowest BCUT2D eigenvalue weighted by Crippen LogP contribution is -2.19. The number of ether oxygens (including phenoxy) is 1. The first-order valence-corrected chi connectivity index (χ1v) is 7.04. The second-order valence-corrected chi connectivity index (χ2v) is 5.28. The number of rotatable bonds is 5. The molecule has 1 aromatic carbocycles. The van der Waals surface area contributed by atoms with E-state index in [0.29, 0.717) is 11.6 Å². The van der Waals surface area contributed by atoms with E-state index < -0.39 is 0 Å². The Morgan fingerprint density at radius 2 is 2.19 bits per heavy atom. The van der Waals surface area contributed by atoms with Gasteiger partial charge in [-0.05, 0) is 38.1 Å². The first-order valence-electron chi connectivity index (χ1n) is 6.66. The molecule has 1 atom stereocenters. The minimum Gasteiger partial charge on any atom is -0.494 e. The Bertz CT molecular complexity index is 642. The third-order valence-corrected chi connectivity index (χ3v) is 4.08. The zero-order valence-electron chi connectivity index (χ0n) is 12.6. The van der Waals surface area contributed by atoms with E-state index in [4.69, 9.17) is 16.3 Å². The molecule has 0 radical (unpaired) electrons. The summed E-state index contributed by atoms with van der Waals surface area (Å²) in [6.07, 6.45) is 0.640. The Kier molecular flexibility index (Phi) is 4.85. The van der Waals surface area contributed by atoms with Crippen molar-refractivity contribution in [3.05, 3.63) is 46.0 Å². The van der Waals surface area contributed by atoms with Gasteiger partial charge >= 0.3 is 0 Å². The van der Waals surface area contributed by atoms with Crippen LogP contribution in [0.25, 0.3) is 0 Å². The Morgan fingerprint density at radius 3 is 2.67 bits per heavy atom. The lowest BCUT2D eigenvalue weighted by atomic mass is 9.99. The lowest BCUT2D eigenvalue weighted by Gasteiger charge is -2.17. The van der Waals surface area contributed by atoms with Crippen molar-refractivity contribution >= 4 is 11.6 Å². The van der Waals surface area contributed by atoms with E-state index in [9.17, 15) is 4.39 Å². The van der Waals surface area contributed by atoms with Crippen LogP contribution >= 0.6 is 11.6 Å². The molecular weight excluding hydrogens is 293 g/mol. The van der Waals surface area contributed by atoms with Crippen molar-refractivity contribution in [2.45, 2.75) is 19.4 Å². The second-order valence-electron chi connectivity index (χ2n) is 4.92. The third-order valence-electron chi connectivity index (χ3n) is 3.60. The lowest BCUT2D eigenvalue weighted by molar-refractivity contribution is 0.385. The number of hydrogen-bond acceptors (Lipinski definition) is 3. The molecule has 1 N–H and O–H groups in total. The molecule has 1 aromatic heterocycles. The molecule has 21 heavy (non-hydrogen) atoms. The van der Waals surface area contributed by atoms with Crippen molar-refractivity contribution < 1.29 is 9.13 Å². The van der Waals surface area contributed by atoms with Crippen LogP contribution in [0.5, 0.6) is 5.75 Å². The SMILES string of the molecule is CNC(Cc1c(C)nn(C)c1Cl)c1ccc(OC)c(F)c1. The summed E-state index contributed by atoms with van der Waals surface area (Å²) in [4.78, 5) is 0. The second kappa shape index (κ2) is 6.45. The van der Waals surface area contributed by atoms with Gasteiger partial charge in [-0.3, -0.25) is 4.68 Å². The van der Waals surface area contributed by atoms with Crippen molar-refractivity contribution in [1.29, 1.82) is 0 Å². The molecule has 114 valence electrons. The van der Waals surface area contributed by atoms with Gasteiger partial charge in [-0.2, -0.15) is 5.10 Å². The van der Waals surface area contributed by atoms with Crippen LogP contribution in [0.4, 0.5) is 4.39 Å². The van der Waals surface area contributed by atoms with Crippen molar-refractivity contribution in [3.63, 3.8) is 0 Å². The van der Waals surface area contributed by atoms with E-state index in [0.717, 1.165) is 16.8 Å². The summed E-state index contributed by atoms with van der Waals surface area (Å²) in [5.74, 6) is -0.131. The average Bonchev–Trinajstić information content (AvgIpc) is 2.70. The van der Waals surface area contributed by atoms with Crippen LogP contribution in [0.15, 0.2) is 18.2 Å². The van der Waals surface area contributed by atoms with Crippen LogP contribution in [-0.4, -0.2) is 23.9 Å². The van der Waals surface area contributed by atoms with Gasteiger partial charge in [0.15, 0.2) is 11.6 Å². The zero-order valence-corrected chi connectivity index (χ0v) is 13.3. The summed E-state index contributed by atoms with van der Waals surface area (Å²) >= 11 is 6.26. The van der Waals surface area contributed by atoms with E-state index in [2.05, 4.69) is 10.4 Å². The van der Waals surface area contributed by atoms with Gasteiger partial charge < -0.3 is 10.1 Å². The topological polar surface area (TPSA) is 39.1 Å². The predicted octanol–water partition coefficient (Wildman–Crippen LogP) is 3.03. The molecule has 1 heterocycles. The molecule has 0 saturated carbocycles. The molecule has 0 aliphatic heterocycles. The first-order chi connectivity index (χ1) is 9.97. The molecular formula is C15H19ClFN3O. The highest BCUT2D eigenvalue weighted by molar-refractivity contribution is 6.30.